The number of anilines is 1. The lowest BCUT2D eigenvalue weighted by Crippen LogP contribution is -2.19. The molecule has 0 spiro atoms. The van der Waals surface area contributed by atoms with E-state index in [1.54, 1.807) is 17.4 Å². The molecule has 0 amide bonds. The standard InChI is InChI=1S/C14H16N2O2S/c1-9-4-5-13(12(6-9)14(17)18)16(3)7-11-8-19-10(2)15-11/h4-6,8H,7H2,1-3H3,(H,17,18). The van der Waals surface area contributed by atoms with Crippen LogP contribution in [0.5, 0.6) is 0 Å². The summed E-state index contributed by atoms with van der Waals surface area (Å²) in [5, 5.41) is 12.3. The zero-order valence-corrected chi connectivity index (χ0v) is 12.0. The number of thiazole rings is 1. The van der Waals surface area contributed by atoms with Crippen molar-refractivity contribution >= 4 is 23.0 Å². The predicted octanol–water partition coefficient (Wildman–Crippen LogP) is 3.09. The van der Waals surface area contributed by atoms with Crippen molar-refractivity contribution in [1.29, 1.82) is 0 Å². The van der Waals surface area contributed by atoms with Gasteiger partial charge < -0.3 is 10.0 Å². The number of hydrogen-bond acceptors (Lipinski definition) is 4. The van der Waals surface area contributed by atoms with E-state index in [9.17, 15) is 9.90 Å². The van der Waals surface area contributed by atoms with Gasteiger partial charge in [-0.05, 0) is 26.0 Å². The van der Waals surface area contributed by atoms with Gasteiger partial charge in [0.05, 0.1) is 28.5 Å². The number of carboxylic acid groups (broad SMARTS) is 1. The molecular weight excluding hydrogens is 260 g/mol. The lowest BCUT2D eigenvalue weighted by Gasteiger charge is -2.20. The van der Waals surface area contributed by atoms with Gasteiger partial charge in [-0.15, -0.1) is 11.3 Å². The maximum Gasteiger partial charge on any atom is 0.337 e. The molecule has 0 aliphatic rings. The minimum Gasteiger partial charge on any atom is -0.478 e. The SMILES string of the molecule is Cc1ccc(N(C)Cc2csc(C)n2)c(C(=O)O)c1. The van der Waals surface area contributed by atoms with E-state index >= 15 is 0 Å². The Bertz CT molecular complexity index is 607. The van der Waals surface area contributed by atoms with E-state index in [1.807, 2.05) is 43.3 Å². The summed E-state index contributed by atoms with van der Waals surface area (Å²) in [6, 6.07) is 5.46. The first-order valence-electron chi connectivity index (χ1n) is 5.93. The van der Waals surface area contributed by atoms with Crippen LogP contribution in [0.3, 0.4) is 0 Å². The third-order valence-corrected chi connectivity index (χ3v) is 3.68. The molecule has 1 N–H and O–H groups in total. The second kappa shape index (κ2) is 5.40. The first kappa shape index (κ1) is 13.5. The number of aryl methyl sites for hydroxylation is 2. The Labute approximate surface area is 116 Å². The van der Waals surface area contributed by atoms with Crippen LogP contribution < -0.4 is 4.90 Å². The topological polar surface area (TPSA) is 53.4 Å². The van der Waals surface area contributed by atoms with Crippen molar-refractivity contribution in [3.8, 4) is 0 Å². The van der Waals surface area contributed by atoms with Gasteiger partial charge in [0.25, 0.3) is 0 Å². The summed E-state index contributed by atoms with van der Waals surface area (Å²) >= 11 is 1.60. The second-order valence-corrected chi connectivity index (χ2v) is 5.60. The molecule has 19 heavy (non-hydrogen) atoms. The van der Waals surface area contributed by atoms with Crippen LogP contribution in [-0.2, 0) is 6.54 Å². The summed E-state index contributed by atoms with van der Waals surface area (Å²) < 4.78 is 0. The largest absolute Gasteiger partial charge is 0.478 e. The van der Waals surface area contributed by atoms with Gasteiger partial charge in [0.1, 0.15) is 0 Å². The number of rotatable bonds is 4. The molecule has 0 radical (unpaired) electrons. The molecule has 2 rings (SSSR count). The van der Waals surface area contributed by atoms with Crippen molar-refractivity contribution < 1.29 is 9.90 Å². The molecule has 0 atom stereocenters. The second-order valence-electron chi connectivity index (χ2n) is 4.54. The van der Waals surface area contributed by atoms with E-state index in [-0.39, 0.29) is 0 Å². The van der Waals surface area contributed by atoms with Crippen LogP contribution in [0.2, 0.25) is 0 Å². The van der Waals surface area contributed by atoms with Crippen LogP contribution in [0.15, 0.2) is 23.6 Å². The Balaban J connectivity index is 2.28. The van der Waals surface area contributed by atoms with Gasteiger partial charge in [-0.25, -0.2) is 9.78 Å². The highest BCUT2D eigenvalue weighted by Crippen LogP contribution is 2.23. The minimum absolute atomic E-state index is 0.328. The van der Waals surface area contributed by atoms with Crippen molar-refractivity contribution in [3.05, 3.63) is 45.4 Å². The van der Waals surface area contributed by atoms with Gasteiger partial charge in [0, 0.05) is 12.4 Å². The first-order valence-corrected chi connectivity index (χ1v) is 6.81. The average Bonchev–Trinajstić information content (AvgIpc) is 2.74. The number of carbonyl (C=O) groups is 1. The number of aromatic nitrogens is 1. The molecule has 1 aromatic heterocycles. The first-order chi connectivity index (χ1) is 8.97. The van der Waals surface area contributed by atoms with E-state index in [0.717, 1.165) is 16.3 Å². The Hall–Kier alpha value is -1.88. The van der Waals surface area contributed by atoms with E-state index in [4.69, 9.17) is 0 Å². The van der Waals surface area contributed by atoms with Crippen molar-refractivity contribution in [3.63, 3.8) is 0 Å². The van der Waals surface area contributed by atoms with Gasteiger partial charge in [-0.3, -0.25) is 0 Å². The Kier molecular flexibility index (Phi) is 3.85. The lowest BCUT2D eigenvalue weighted by molar-refractivity contribution is 0.0697. The van der Waals surface area contributed by atoms with E-state index in [1.165, 1.54) is 0 Å². The van der Waals surface area contributed by atoms with Gasteiger partial charge in [-0.1, -0.05) is 11.6 Å². The summed E-state index contributed by atoms with van der Waals surface area (Å²) in [6.45, 7) is 4.45. The molecule has 1 aromatic carbocycles. The molecule has 0 unspecified atom stereocenters. The summed E-state index contributed by atoms with van der Waals surface area (Å²) in [5.41, 5.74) is 2.94. The number of aromatic carboxylic acids is 1. The van der Waals surface area contributed by atoms with E-state index in [2.05, 4.69) is 4.98 Å². The molecule has 0 bridgehead atoms. The highest BCUT2D eigenvalue weighted by Gasteiger charge is 2.14. The lowest BCUT2D eigenvalue weighted by atomic mass is 10.1. The molecule has 5 heteroatoms. The average molecular weight is 276 g/mol. The molecule has 0 aliphatic carbocycles. The number of carboxylic acids is 1. The van der Waals surface area contributed by atoms with Crippen LogP contribution in [0, 0.1) is 13.8 Å². The Morgan fingerprint density at radius 3 is 2.74 bits per heavy atom. The number of benzene rings is 1. The van der Waals surface area contributed by atoms with Crippen molar-refractivity contribution in [1.82, 2.24) is 4.98 Å². The van der Waals surface area contributed by atoms with Crippen LogP contribution in [0.25, 0.3) is 0 Å². The molecule has 0 saturated heterocycles. The van der Waals surface area contributed by atoms with Gasteiger partial charge >= 0.3 is 5.97 Å². The molecule has 0 fully saturated rings. The Morgan fingerprint density at radius 1 is 1.42 bits per heavy atom. The molecule has 4 nitrogen and oxygen atoms in total. The predicted molar refractivity (Wildman–Crippen MR) is 77.1 cm³/mol. The zero-order chi connectivity index (χ0) is 14.0. The molecular formula is C14H16N2O2S. The van der Waals surface area contributed by atoms with E-state index in [0.29, 0.717) is 17.8 Å². The third-order valence-electron chi connectivity index (χ3n) is 2.86. The van der Waals surface area contributed by atoms with Crippen molar-refractivity contribution in [2.75, 3.05) is 11.9 Å². The summed E-state index contributed by atoms with van der Waals surface area (Å²) in [6.07, 6.45) is 0. The summed E-state index contributed by atoms with van der Waals surface area (Å²) in [7, 11) is 1.88. The van der Waals surface area contributed by atoms with Crippen LogP contribution >= 0.6 is 11.3 Å². The van der Waals surface area contributed by atoms with Gasteiger partial charge in [0.15, 0.2) is 0 Å². The highest BCUT2D eigenvalue weighted by atomic mass is 32.1. The molecule has 1 heterocycles. The maximum absolute atomic E-state index is 11.3. The highest BCUT2D eigenvalue weighted by molar-refractivity contribution is 7.09. The fourth-order valence-electron chi connectivity index (χ4n) is 1.96. The van der Waals surface area contributed by atoms with Crippen molar-refractivity contribution in [2.45, 2.75) is 20.4 Å². The fraction of sp³-hybridized carbons (Fsp3) is 0.286. The van der Waals surface area contributed by atoms with Crippen LogP contribution in [0.4, 0.5) is 5.69 Å². The molecule has 0 aliphatic heterocycles. The summed E-state index contributed by atoms with van der Waals surface area (Å²) in [5.74, 6) is -0.903. The normalized spacial score (nSPS) is 10.5. The number of hydrogen-bond donors (Lipinski definition) is 1. The molecule has 0 saturated carbocycles. The Morgan fingerprint density at radius 2 is 2.16 bits per heavy atom. The van der Waals surface area contributed by atoms with E-state index < -0.39 is 5.97 Å². The van der Waals surface area contributed by atoms with Crippen LogP contribution in [0.1, 0.15) is 26.6 Å². The smallest absolute Gasteiger partial charge is 0.337 e. The van der Waals surface area contributed by atoms with Crippen molar-refractivity contribution in [2.24, 2.45) is 0 Å². The third kappa shape index (κ3) is 3.12. The molecule has 100 valence electrons. The zero-order valence-electron chi connectivity index (χ0n) is 11.2. The fourth-order valence-corrected chi connectivity index (χ4v) is 2.57. The quantitative estimate of drug-likeness (QED) is 0.932. The minimum atomic E-state index is -0.903. The van der Waals surface area contributed by atoms with Gasteiger partial charge in [-0.2, -0.15) is 0 Å². The maximum atomic E-state index is 11.3. The van der Waals surface area contributed by atoms with Gasteiger partial charge in [0.2, 0.25) is 0 Å². The monoisotopic (exact) mass is 276 g/mol. The molecule has 2 aromatic rings. The number of nitrogens with zero attached hydrogens (tertiary/aromatic N) is 2. The van der Waals surface area contributed by atoms with Crippen LogP contribution in [-0.4, -0.2) is 23.1 Å². The summed E-state index contributed by atoms with van der Waals surface area (Å²) in [4.78, 5) is 17.6.